The SMILES string of the molecule is COc1ccc(-c2nc(NC(=O)c3ccc([N+](=O)[O-])s3)c3cnn(-c4ccc(F)cc4)c3n2)cn1. The first-order valence-electron chi connectivity index (χ1n) is 10.0. The molecular weight excluding hydrogens is 477 g/mol. The summed E-state index contributed by atoms with van der Waals surface area (Å²) in [5.41, 5.74) is 1.44. The van der Waals surface area contributed by atoms with Gasteiger partial charge in [-0.3, -0.25) is 14.9 Å². The lowest BCUT2D eigenvalue weighted by Gasteiger charge is -2.09. The monoisotopic (exact) mass is 491 g/mol. The number of hydrogen-bond acceptors (Lipinski definition) is 9. The van der Waals surface area contributed by atoms with E-state index in [1.54, 1.807) is 24.3 Å². The van der Waals surface area contributed by atoms with Gasteiger partial charge >= 0.3 is 5.00 Å². The fraction of sp³-hybridized carbons (Fsp3) is 0.0455. The second-order valence-electron chi connectivity index (χ2n) is 7.10. The van der Waals surface area contributed by atoms with Crippen molar-refractivity contribution in [3.8, 4) is 23.0 Å². The molecule has 35 heavy (non-hydrogen) atoms. The van der Waals surface area contributed by atoms with E-state index in [1.165, 1.54) is 48.5 Å². The van der Waals surface area contributed by atoms with E-state index in [-0.39, 0.29) is 21.5 Å². The molecule has 0 spiro atoms. The van der Waals surface area contributed by atoms with Crippen molar-refractivity contribution in [1.29, 1.82) is 0 Å². The topological polar surface area (TPSA) is 138 Å². The molecule has 4 heterocycles. The second kappa shape index (κ2) is 8.87. The van der Waals surface area contributed by atoms with E-state index in [9.17, 15) is 19.3 Å². The average Bonchev–Trinajstić information content (AvgIpc) is 3.53. The number of rotatable bonds is 6. The zero-order valence-electron chi connectivity index (χ0n) is 17.9. The molecule has 0 aliphatic heterocycles. The molecule has 1 aromatic carbocycles. The molecule has 174 valence electrons. The first-order chi connectivity index (χ1) is 16.9. The van der Waals surface area contributed by atoms with Gasteiger partial charge in [0.15, 0.2) is 11.5 Å². The van der Waals surface area contributed by atoms with Gasteiger partial charge in [0.1, 0.15) is 11.6 Å². The van der Waals surface area contributed by atoms with Crippen LogP contribution in [0.2, 0.25) is 0 Å². The van der Waals surface area contributed by atoms with Crippen LogP contribution in [0.3, 0.4) is 0 Å². The summed E-state index contributed by atoms with van der Waals surface area (Å²) in [6.07, 6.45) is 2.99. The van der Waals surface area contributed by atoms with E-state index in [4.69, 9.17) is 4.74 Å². The molecule has 0 aliphatic carbocycles. The maximum absolute atomic E-state index is 13.4. The highest BCUT2D eigenvalue weighted by Crippen LogP contribution is 2.29. The minimum absolute atomic E-state index is 0.141. The Morgan fingerprint density at radius 2 is 1.91 bits per heavy atom. The van der Waals surface area contributed by atoms with Crippen molar-refractivity contribution >= 4 is 39.1 Å². The Balaban J connectivity index is 1.62. The van der Waals surface area contributed by atoms with Crippen molar-refractivity contribution in [2.24, 2.45) is 0 Å². The molecule has 4 aromatic heterocycles. The first kappa shape index (κ1) is 22.0. The molecule has 11 nitrogen and oxygen atoms in total. The number of hydrogen-bond donors (Lipinski definition) is 1. The molecule has 0 fully saturated rings. The van der Waals surface area contributed by atoms with Crippen LogP contribution in [0.5, 0.6) is 5.88 Å². The van der Waals surface area contributed by atoms with Crippen molar-refractivity contribution < 1.29 is 18.8 Å². The number of methoxy groups -OCH3 is 1. The van der Waals surface area contributed by atoms with Crippen molar-refractivity contribution in [1.82, 2.24) is 24.7 Å². The van der Waals surface area contributed by atoms with Crippen LogP contribution < -0.4 is 10.1 Å². The number of halogens is 1. The smallest absolute Gasteiger partial charge is 0.324 e. The van der Waals surface area contributed by atoms with Gasteiger partial charge in [0.05, 0.1) is 34.2 Å². The minimum atomic E-state index is -0.573. The highest BCUT2D eigenvalue weighted by atomic mass is 32.1. The van der Waals surface area contributed by atoms with E-state index >= 15 is 0 Å². The lowest BCUT2D eigenvalue weighted by molar-refractivity contribution is -0.380. The van der Waals surface area contributed by atoms with Crippen LogP contribution >= 0.6 is 11.3 Å². The van der Waals surface area contributed by atoms with Gasteiger partial charge in [-0.05, 0) is 36.4 Å². The number of amides is 1. The van der Waals surface area contributed by atoms with Gasteiger partial charge in [0, 0.05) is 23.9 Å². The Morgan fingerprint density at radius 3 is 2.57 bits per heavy atom. The summed E-state index contributed by atoms with van der Waals surface area (Å²) in [6.45, 7) is 0. The summed E-state index contributed by atoms with van der Waals surface area (Å²) in [5, 5.41) is 18.3. The van der Waals surface area contributed by atoms with Crippen LogP contribution in [0.4, 0.5) is 15.2 Å². The van der Waals surface area contributed by atoms with Crippen molar-refractivity contribution in [2.75, 3.05) is 12.4 Å². The number of fused-ring (bicyclic) bond motifs is 1. The number of pyridine rings is 1. The molecule has 0 unspecified atom stereocenters. The maximum atomic E-state index is 13.4. The molecule has 0 radical (unpaired) electrons. The third-order valence-electron chi connectivity index (χ3n) is 4.93. The summed E-state index contributed by atoms with van der Waals surface area (Å²) in [5.74, 6) is -0.183. The van der Waals surface area contributed by atoms with Gasteiger partial charge in [0.25, 0.3) is 5.91 Å². The number of anilines is 1. The van der Waals surface area contributed by atoms with Gasteiger partial charge in [0.2, 0.25) is 5.88 Å². The number of thiophene rings is 1. The summed E-state index contributed by atoms with van der Waals surface area (Å²) in [7, 11) is 1.49. The molecule has 13 heteroatoms. The molecule has 0 aliphatic rings. The number of nitrogens with zero attached hydrogens (tertiary/aromatic N) is 6. The summed E-state index contributed by atoms with van der Waals surface area (Å²) in [6, 6.07) is 11.7. The molecule has 0 bridgehead atoms. The highest BCUT2D eigenvalue weighted by Gasteiger charge is 2.20. The highest BCUT2D eigenvalue weighted by molar-refractivity contribution is 7.17. The van der Waals surface area contributed by atoms with Crippen molar-refractivity contribution in [3.63, 3.8) is 0 Å². The van der Waals surface area contributed by atoms with E-state index in [0.29, 0.717) is 28.2 Å². The average molecular weight is 491 g/mol. The van der Waals surface area contributed by atoms with Gasteiger partial charge in [-0.15, -0.1) is 0 Å². The molecule has 5 aromatic rings. The quantitative estimate of drug-likeness (QED) is 0.275. The fourth-order valence-electron chi connectivity index (χ4n) is 3.25. The number of nitrogens with one attached hydrogen (secondary N) is 1. The third kappa shape index (κ3) is 4.27. The van der Waals surface area contributed by atoms with Gasteiger partial charge in [-0.1, -0.05) is 11.3 Å². The van der Waals surface area contributed by atoms with Crippen LogP contribution in [-0.2, 0) is 0 Å². The van der Waals surface area contributed by atoms with Crippen LogP contribution in [0.25, 0.3) is 28.1 Å². The van der Waals surface area contributed by atoms with Crippen LogP contribution in [0, 0.1) is 15.9 Å². The Hall–Kier alpha value is -4.78. The first-order valence-corrected chi connectivity index (χ1v) is 10.8. The number of aromatic nitrogens is 5. The molecule has 5 rings (SSSR count). The van der Waals surface area contributed by atoms with E-state index in [2.05, 4.69) is 25.4 Å². The Kier molecular flexibility index (Phi) is 5.58. The zero-order valence-corrected chi connectivity index (χ0v) is 18.7. The lowest BCUT2D eigenvalue weighted by atomic mass is 10.2. The third-order valence-corrected chi connectivity index (χ3v) is 5.97. The molecule has 0 atom stereocenters. The van der Waals surface area contributed by atoms with E-state index in [0.717, 1.165) is 11.3 Å². The Labute approximate surface area is 200 Å². The predicted molar refractivity (Wildman–Crippen MR) is 125 cm³/mol. The second-order valence-corrected chi connectivity index (χ2v) is 8.17. The van der Waals surface area contributed by atoms with Gasteiger partial charge in [-0.25, -0.2) is 24.0 Å². The molecule has 1 amide bonds. The Morgan fingerprint density at radius 1 is 1.11 bits per heavy atom. The largest absolute Gasteiger partial charge is 0.481 e. The normalized spacial score (nSPS) is 10.9. The standard InChI is InChI=1S/C22H14FN7O4S/c1-34-17-8-2-12(10-24-17)19-26-20(28-22(31)16-7-9-18(35-16)30(32)33)15-11-25-29(21(15)27-19)14-5-3-13(23)4-6-14/h2-11H,1H3,(H,26,27,28,31). The van der Waals surface area contributed by atoms with Gasteiger partial charge < -0.3 is 10.1 Å². The minimum Gasteiger partial charge on any atom is -0.481 e. The fourth-order valence-corrected chi connectivity index (χ4v) is 3.97. The maximum Gasteiger partial charge on any atom is 0.324 e. The van der Waals surface area contributed by atoms with Gasteiger partial charge in [-0.2, -0.15) is 5.10 Å². The molecule has 1 N–H and O–H groups in total. The number of carbonyl (C=O) groups is 1. The van der Waals surface area contributed by atoms with Crippen LogP contribution in [-0.4, -0.2) is 42.7 Å². The number of nitro groups is 1. The molecule has 0 saturated heterocycles. The van der Waals surface area contributed by atoms with Crippen molar-refractivity contribution in [2.45, 2.75) is 0 Å². The van der Waals surface area contributed by atoms with Crippen molar-refractivity contribution in [3.05, 3.63) is 81.7 Å². The summed E-state index contributed by atoms with van der Waals surface area (Å²) in [4.78, 5) is 36.7. The zero-order chi connectivity index (χ0) is 24.5. The number of benzene rings is 1. The van der Waals surface area contributed by atoms with E-state index < -0.39 is 16.6 Å². The van der Waals surface area contributed by atoms with E-state index in [1.807, 2.05) is 0 Å². The van der Waals surface area contributed by atoms with Crippen LogP contribution in [0.15, 0.2) is 60.9 Å². The molecule has 0 saturated carbocycles. The predicted octanol–water partition coefficient (Wildman–Crippen LogP) is 4.25. The lowest BCUT2D eigenvalue weighted by Crippen LogP contribution is -2.12. The Bertz CT molecular complexity index is 1570. The van der Waals surface area contributed by atoms with Crippen LogP contribution in [0.1, 0.15) is 9.67 Å². The number of carbonyl (C=O) groups excluding carboxylic acids is 1. The summed E-state index contributed by atoms with van der Waals surface area (Å²) >= 11 is 0.747. The molecular formula is C22H14FN7O4S. The number of ether oxygens (including phenoxy) is 1. The summed E-state index contributed by atoms with van der Waals surface area (Å²) < 4.78 is 20.0.